The minimum absolute atomic E-state index is 0.212. The van der Waals surface area contributed by atoms with Crippen LogP contribution in [0.4, 0.5) is 0 Å². The molecule has 0 N–H and O–H groups in total. The van der Waals surface area contributed by atoms with Crippen LogP contribution in [0.5, 0.6) is 0 Å². The third kappa shape index (κ3) is 4.22. The number of para-hydroxylation sites is 1. The van der Waals surface area contributed by atoms with Crippen LogP contribution in [0.15, 0.2) is 79.1 Å². The van der Waals surface area contributed by atoms with E-state index in [4.69, 9.17) is 4.74 Å². The molecule has 0 bridgehead atoms. The smallest absolute Gasteiger partial charge is 0.331 e. The highest BCUT2D eigenvalue weighted by atomic mass is 16.5. The van der Waals surface area contributed by atoms with Crippen molar-refractivity contribution in [3.8, 4) is 11.4 Å². The maximum Gasteiger partial charge on any atom is 0.331 e. The first-order valence-corrected chi connectivity index (χ1v) is 9.67. The van der Waals surface area contributed by atoms with E-state index in [0.717, 1.165) is 33.9 Å². The molecule has 0 saturated heterocycles. The Morgan fingerprint density at radius 2 is 1.77 bits per heavy atom. The minimum Gasteiger partial charge on any atom is -0.458 e. The molecule has 0 unspecified atom stereocenters. The summed E-state index contributed by atoms with van der Waals surface area (Å²) in [5.41, 5.74) is 5.60. The molecule has 0 aliphatic carbocycles. The van der Waals surface area contributed by atoms with Gasteiger partial charge in [-0.2, -0.15) is 10.2 Å². The molecule has 6 heteroatoms. The van der Waals surface area contributed by atoms with Crippen LogP contribution in [0.2, 0.25) is 0 Å². The number of hydrogen-bond acceptors (Lipinski definition) is 4. The van der Waals surface area contributed by atoms with Crippen LogP contribution in [0.25, 0.3) is 17.5 Å². The zero-order valence-electron chi connectivity index (χ0n) is 16.9. The van der Waals surface area contributed by atoms with Crippen LogP contribution in [0.3, 0.4) is 0 Å². The van der Waals surface area contributed by atoms with E-state index in [-0.39, 0.29) is 6.61 Å². The summed E-state index contributed by atoms with van der Waals surface area (Å²) in [6.45, 7) is 4.13. The molecule has 0 spiro atoms. The quantitative estimate of drug-likeness (QED) is 0.356. The van der Waals surface area contributed by atoms with Gasteiger partial charge in [0.05, 0.1) is 17.1 Å². The van der Waals surface area contributed by atoms with Crippen LogP contribution in [-0.2, 0) is 16.1 Å². The molecule has 30 heavy (non-hydrogen) atoms. The molecule has 2 aromatic heterocycles. The molecule has 0 atom stereocenters. The largest absolute Gasteiger partial charge is 0.458 e. The normalized spacial score (nSPS) is 11.1. The Labute approximate surface area is 175 Å². The molecular formula is C24H22N4O2. The lowest BCUT2D eigenvalue weighted by molar-refractivity contribution is -0.138. The Hall–Kier alpha value is -3.93. The van der Waals surface area contributed by atoms with Gasteiger partial charge in [-0.15, -0.1) is 0 Å². The zero-order valence-corrected chi connectivity index (χ0v) is 16.9. The molecule has 0 aliphatic rings. The predicted molar refractivity (Wildman–Crippen MR) is 115 cm³/mol. The van der Waals surface area contributed by atoms with Gasteiger partial charge >= 0.3 is 5.97 Å². The average Bonchev–Trinajstić information content (AvgIpc) is 3.40. The number of aromatic nitrogens is 4. The van der Waals surface area contributed by atoms with E-state index in [2.05, 4.69) is 10.2 Å². The first-order valence-electron chi connectivity index (χ1n) is 9.67. The average molecular weight is 398 g/mol. The number of rotatable bonds is 6. The molecule has 0 saturated carbocycles. The Balaban J connectivity index is 1.39. The van der Waals surface area contributed by atoms with Gasteiger partial charge in [0.2, 0.25) is 0 Å². The van der Waals surface area contributed by atoms with Crippen molar-refractivity contribution >= 4 is 12.0 Å². The van der Waals surface area contributed by atoms with Gasteiger partial charge in [-0.25, -0.2) is 14.2 Å². The molecule has 150 valence electrons. The fourth-order valence-corrected chi connectivity index (χ4v) is 3.24. The van der Waals surface area contributed by atoms with Gasteiger partial charge in [-0.05, 0) is 55.8 Å². The van der Waals surface area contributed by atoms with Crippen LogP contribution in [0.1, 0.15) is 22.5 Å². The SMILES string of the molecule is Cc1nn(-c2ccccc2)c(C)c1/C=C/C(=O)OCc1ccc(-n2cccn2)cc1. The Morgan fingerprint density at radius 3 is 2.47 bits per heavy atom. The summed E-state index contributed by atoms with van der Waals surface area (Å²) in [6, 6.07) is 19.5. The fourth-order valence-electron chi connectivity index (χ4n) is 3.24. The molecular weight excluding hydrogens is 376 g/mol. The fraction of sp³-hybridized carbons (Fsp3) is 0.125. The number of carbonyl (C=O) groups excluding carboxylic acids is 1. The second-order valence-electron chi connectivity index (χ2n) is 6.89. The summed E-state index contributed by atoms with van der Waals surface area (Å²) in [4.78, 5) is 12.2. The van der Waals surface area contributed by atoms with E-state index in [9.17, 15) is 4.79 Å². The lowest BCUT2D eigenvalue weighted by Crippen LogP contribution is -2.01. The second kappa shape index (κ2) is 8.61. The summed E-state index contributed by atoms with van der Waals surface area (Å²) < 4.78 is 9.03. The van der Waals surface area contributed by atoms with Crippen LogP contribution < -0.4 is 0 Å². The standard InChI is InChI=1S/C24H22N4O2/c1-18-23(19(2)28(26-18)22-7-4-3-5-8-22)13-14-24(29)30-17-20-9-11-21(12-10-20)27-16-6-15-25-27/h3-16H,17H2,1-2H3/b14-13+. The molecule has 4 aromatic rings. The Morgan fingerprint density at radius 1 is 1.00 bits per heavy atom. The highest BCUT2D eigenvalue weighted by Crippen LogP contribution is 2.19. The first-order chi connectivity index (χ1) is 14.6. The van der Waals surface area contributed by atoms with Crippen molar-refractivity contribution < 1.29 is 9.53 Å². The first kappa shape index (κ1) is 19.4. The number of ether oxygens (including phenoxy) is 1. The van der Waals surface area contributed by atoms with Crippen molar-refractivity contribution in [2.24, 2.45) is 0 Å². The van der Waals surface area contributed by atoms with E-state index in [1.54, 1.807) is 17.0 Å². The topological polar surface area (TPSA) is 61.9 Å². The van der Waals surface area contributed by atoms with E-state index in [1.807, 2.05) is 85.4 Å². The van der Waals surface area contributed by atoms with Crippen molar-refractivity contribution in [1.29, 1.82) is 0 Å². The number of hydrogen-bond donors (Lipinski definition) is 0. The number of esters is 1. The van der Waals surface area contributed by atoms with E-state index < -0.39 is 5.97 Å². The van der Waals surface area contributed by atoms with E-state index >= 15 is 0 Å². The third-order valence-corrected chi connectivity index (χ3v) is 4.82. The summed E-state index contributed by atoms with van der Waals surface area (Å²) in [5.74, 6) is -0.391. The van der Waals surface area contributed by atoms with Gasteiger partial charge < -0.3 is 4.74 Å². The van der Waals surface area contributed by atoms with Gasteiger partial charge in [-0.1, -0.05) is 30.3 Å². The summed E-state index contributed by atoms with van der Waals surface area (Å²) in [5, 5.41) is 8.78. The van der Waals surface area contributed by atoms with Gasteiger partial charge in [0.1, 0.15) is 6.61 Å². The highest BCUT2D eigenvalue weighted by Gasteiger charge is 2.11. The Kier molecular flexibility index (Phi) is 5.57. The second-order valence-corrected chi connectivity index (χ2v) is 6.89. The number of carbonyl (C=O) groups is 1. The monoisotopic (exact) mass is 398 g/mol. The van der Waals surface area contributed by atoms with Gasteiger partial charge in [0.25, 0.3) is 0 Å². The summed E-state index contributed by atoms with van der Waals surface area (Å²) in [7, 11) is 0. The number of benzene rings is 2. The highest BCUT2D eigenvalue weighted by molar-refractivity contribution is 5.87. The molecule has 0 fully saturated rings. The number of nitrogens with zero attached hydrogens (tertiary/aromatic N) is 4. The molecule has 0 aliphatic heterocycles. The molecule has 0 radical (unpaired) electrons. The molecule has 4 rings (SSSR count). The van der Waals surface area contributed by atoms with Crippen LogP contribution >= 0.6 is 0 Å². The van der Waals surface area contributed by atoms with Crippen LogP contribution in [-0.4, -0.2) is 25.5 Å². The molecule has 2 aromatic carbocycles. The number of aryl methyl sites for hydroxylation is 1. The van der Waals surface area contributed by atoms with Gasteiger partial charge in [0.15, 0.2) is 0 Å². The summed E-state index contributed by atoms with van der Waals surface area (Å²) >= 11 is 0. The van der Waals surface area contributed by atoms with Crippen molar-refractivity contribution in [2.45, 2.75) is 20.5 Å². The van der Waals surface area contributed by atoms with E-state index in [1.165, 1.54) is 6.08 Å². The predicted octanol–water partition coefficient (Wildman–Crippen LogP) is 4.43. The van der Waals surface area contributed by atoms with E-state index in [0.29, 0.717) is 0 Å². The zero-order chi connectivity index (χ0) is 20.9. The third-order valence-electron chi connectivity index (χ3n) is 4.82. The van der Waals surface area contributed by atoms with Crippen molar-refractivity contribution in [3.05, 3.63) is 102 Å². The van der Waals surface area contributed by atoms with Crippen molar-refractivity contribution in [1.82, 2.24) is 19.6 Å². The molecule has 0 amide bonds. The summed E-state index contributed by atoms with van der Waals surface area (Å²) in [6.07, 6.45) is 6.82. The molecule has 2 heterocycles. The van der Waals surface area contributed by atoms with Gasteiger partial charge in [-0.3, -0.25) is 0 Å². The van der Waals surface area contributed by atoms with Crippen molar-refractivity contribution in [3.63, 3.8) is 0 Å². The van der Waals surface area contributed by atoms with Crippen molar-refractivity contribution in [2.75, 3.05) is 0 Å². The van der Waals surface area contributed by atoms with Crippen LogP contribution in [0, 0.1) is 13.8 Å². The minimum atomic E-state index is -0.391. The maximum atomic E-state index is 12.2. The lowest BCUT2D eigenvalue weighted by atomic mass is 10.2. The maximum absolute atomic E-state index is 12.2. The Bertz CT molecular complexity index is 1160. The lowest BCUT2D eigenvalue weighted by Gasteiger charge is -2.05. The molecule has 6 nitrogen and oxygen atoms in total. The van der Waals surface area contributed by atoms with Gasteiger partial charge in [0, 0.05) is 29.7 Å².